The molecule has 1 aliphatic heterocycles. The maximum atomic E-state index is 12.3. The molecule has 0 bridgehead atoms. The molecule has 0 saturated carbocycles. The van der Waals surface area contributed by atoms with Crippen molar-refractivity contribution in [1.82, 2.24) is 4.90 Å². The van der Waals surface area contributed by atoms with E-state index in [9.17, 15) is 4.79 Å². The molecule has 21 heavy (non-hydrogen) atoms. The predicted octanol–water partition coefficient (Wildman–Crippen LogP) is 2.98. The highest BCUT2D eigenvalue weighted by atomic mass is 79.9. The van der Waals surface area contributed by atoms with Crippen LogP contribution < -0.4 is 10.5 Å². The maximum absolute atomic E-state index is 12.3. The van der Waals surface area contributed by atoms with Gasteiger partial charge in [0.1, 0.15) is 5.75 Å². The number of ether oxygens (including phenoxy) is 1. The highest BCUT2D eigenvalue weighted by Crippen LogP contribution is 2.21. The zero-order valence-electron chi connectivity index (χ0n) is 12.1. The Balaban J connectivity index is 0.00000220. The Bertz CT molecular complexity index is 471. The Hall–Kier alpha value is -0.780. The van der Waals surface area contributed by atoms with Gasteiger partial charge >= 0.3 is 0 Å². The summed E-state index contributed by atoms with van der Waals surface area (Å²) >= 11 is 3.38. The number of nitrogens with two attached hydrogens (primary N) is 1. The number of hydrogen-bond acceptors (Lipinski definition) is 3. The van der Waals surface area contributed by atoms with Crippen LogP contribution in [0.3, 0.4) is 0 Å². The first-order chi connectivity index (χ1) is 9.58. The molecule has 2 unspecified atom stereocenters. The molecule has 6 heteroatoms. The van der Waals surface area contributed by atoms with E-state index in [0.29, 0.717) is 5.75 Å². The van der Waals surface area contributed by atoms with E-state index in [2.05, 4.69) is 15.9 Å². The molecule has 1 saturated heterocycles. The number of carbonyl (C=O) groups excluding carboxylic acids is 1. The molecule has 2 rings (SSSR count). The molecule has 0 radical (unpaired) electrons. The van der Waals surface area contributed by atoms with E-state index in [-0.39, 0.29) is 37.0 Å². The minimum Gasteiger partial charge on any atom is -0.484 e. The standard InChI is InChI=1S/C15H21BrN2O2.ClH/c1-11(17)14-7-2-3-8-18(14)15(19)10-20-13-6-4-5-12(16)9-13;/h4-6,9,11,14H,2-3,7-8,10,17H2,1H3;1H. The topological polar surface area (TPSA) is 55.6 Å². The average molecular weight is 378 g/mol. The molecule has 1 amide bonds. The number of amides is 1. The quantitative estimate of drug-likeness (QED) is 0.877. The van der Waals surface area contributed by atoms with Crippen molar-refractivity contribution in [3.63, 3.8) is 0 Å². The lowest BCUT2D eigenvalue weighted by Crippen LogP contribution is -2.52. The molecule has 2 atom stereocenters. The third-order valence-corrected chi connectivity index (χ3v) is 4.13. The first-order valence-electron chi connectivity index (χ1n) is 7.01. The van der Waals surface area contributed by atoms with Gasteiger partial charge in [-0.15, -0.1) is 12.4 Å². The van der Waals surface area contributed by atoms with E-state index < -0.39 is 0 Å². The first-order valence-corrected chi connectivity index (χ1v) is 7.80. The van der Waals surface area contributed by atoms with E-state index in [1.165, 1.54) is 0 Å². The fourth-order valence-electron chi connectivity index (χ4n) is 2.60. The lowest BCUT2D eigenvalue weighted by Gasteiger charge is -2.38. The number of hydrogen-bond donors (Lipinski definition) is 1. The molecule has 1 heterocycles. The first kappa shape index (κ1) is 18.3. The minimum atomic E-state index is 0. The summed E-state index contributed by atoms with van der Waals surface area (Å²) in [7, 11) is 0. The van der Waals surface area contributed by atoms with Crippen molar-refractivity contribution >= 4 is 34.2 Å². The van der Waals surface area contributed by atoms with Gasteiger partial charge in [-0.05, 0) is 44.4 Å². The Morgan fingerprint density at radius 2 is 2.29 bits per heavy atom. The van der Waals surface area contributed by atoms with Crippen LogP contribution in [0, 0.1) is 0 Å². The van der Waals surface area contributed by atoms with E-state index in [1.807, 2.05) is 36.1 Å². The summed E-state index contributed by atoms with van der Waals surface area (Å²) in [6.45, 7) is 2.82. The van der Waals surface area contributed by atoms with Gasteiger partial charge in [0.05, 0.1) is 0 Å². The summed E-state index contributed by atoms with van der Waals surface area (Å²) in [6.07, 6.45) is 3.18. The van der Waals surface area contributed by atoms with E-state index in [0.717, 1.165) is 30.3 Å². The van der Waals surface area contributed by atoms with Crippen LogP contribution >= 0.6 is 28.3 Å². The van der Waals surface area contributed by atoms with Gasteiger partial charge in [-0.3, -0.25) is 4.79 Å². The summed E-state index contributed by atoms with van der Waals surface area (Å²) in [6, 6.07) is 7.65. The summed E-state index contributed by atoms with van der Waals surface area (Å²) in [5, 5.41) is 0. The molecule has 2 N–H and O–H groups in total. The summed E-state index contributed by atoms with van der Waals surface area (Å²) in [5.74, 6) is 0.717. The van der Waals surface area contributed by atoms with Crippen molar-refractivity contribution < 1.29 is 9.53 Å². The lowest BCUT2D eigenvalue weighted by molar-refractivity contribution is -0.137. The molecule has 118 valence electrons. The number of halogens is 2. The number of rotatable bonds is 4. The van der Waals surface area contributed by atoms with Crippen LogP contribution in [-0.2, 0) is 4.79 Å². The summed E-state index contributed by atoms with van der Waals surface area (Å²) in [4.78, 5) is 14.2. The van der Waals surface area contributed by atoms with Gasteiger partial charge in [0.2, 0.25) is 0 Å². The van der Waals surface area contributed by atoms with Crippen LogP contribution in [0.25, 0.3) is 0 Å². The van der Waals surface area contributed by atoms with Crippen LogP contribution in [0.5, 0.6) is 5.75 Å². The van der Waals surface area contributed by atoms with E-state index in [4.69, 9.17) is 10.5 Å². The SMILES string of the molecule is CC(N)C1CCCCN1C(=O)COc1cccc(Br)c1.Cl. The normalized spacial score (nSPS) is 19.6. The third-order valence-electron chi connectivity index (χ3n) is 3.63. The molecule has 1 fully saturated rings. The summed E-state index contributed by atoms with van der Waals surface area (Å²) in [5.41, 5.74) is 5.98. The van der Waals surface area contributed by atoms with Crippen LogP contribution in [0.2, 0.25) is 0 Å². The largest absolute Gasteiger partial charge is 0.484 e. The number of nitrogens with zero attached hydrogens (tertiary/aromatic N) is 1. The molecule has 0 aromatic heterocycles. The van der Waals surface area contributed by atoms with Crippen LogP contribution in [0.15, 0.2) is 28.7 Å². The minimum absolute atomic E-state index is 0. The van der Waals surface area contributed by atoms with Gasteiger partial charge in [-0.1, -0.05) is 22.0 Å². The second-order valence-corrected chi connectivity index (χ2v) is 6.17. The fourth-order valence-corrected chi connectivity index (χ4v) is 2.98. The van der Waals surface area contributed by atoms with Gasteiger partial charge in [0, 0.05) is 23.1 Å². The number of benzene rings is 1. The Morgan fingerprint density at radius 3 is 2.95 bits per heavy atom. The van der Waals surface area contributed by atoms with E-state index >= 15 is 0 Å². The Kier molecular flexibility index (Phi) is 7.49. The van der Waals surface area contributed by atoms with Gasteiger partial charge < -0.3 is 15.4 Å². The fraction of sp³-hybridized carbons (Fsp3) is 0.533. The van der Waals surface area contributed by atoms with Crippen molar-refractivity contribution in [2.75, 3.05) is 13.2 Å². The molecule has 1 aromatic rings. The monoisotopic (exact) mass is 376 g/mol. The van der Waals surface area contributed by atoms with Crippen molar-refractivity contribution in [3.05, 3.63) is 28.7 Å². The van der Waals surface area contributed by atoms with Crippen molar-refractivity contribution in [2.45, 2.75) is 38.3 Å². The molecule has 1 aliphatic rings. The number of carbonyl (C=O) groups is 1. The lowest BCUT2D eigenvalue weighted by atomic mass is 9.97. The van der Waals surface area contributed by atoms with E-state index in [1.54, 1.807) is 0 Å². The van der Waals surface area contributed by atoms with Crippen LogP contribution in [-0.4, -0.2) is 36.0 Å². The molecular weight excluding hydrogens is 356 g/mol. The average Bonchev–Trinajstić information content (AvgIpc) is 2.45. The zero-order valence-corrected chi connectivity index (χ0v) is 14.5. The van der Waals surface area contributed by atoms with Gasteiger partial charge in [-0.2, -0.15) is 0 Å². The van der Waals surface area contributed by atoms with Gasteiger partial charge in [0.25, 0.3) is 5.91 Å². The molecule has 0 spiro atoms. The summed E-state index contributed by atoms with van der Waals surface area (Å²) < 4.78 is 6.51. The maximum Gasteiger partial charge on any atom is 0.260 e. The third kappa shape index (κ3) is 5.16. The predicted molar refractivity (Wildman–Crippen MR) is 89.9 cm³/mol. The number of likely N-dealkylation sites (tertiary alicyclic amines) is 1. The van der Waals surface area contributed by atoms with Gasteiger partial charge in [-0.25, -0.2) is 0 Å². The number of piperidine rings is 1. The molecular formula is C15H22BrClN2O2. The molecule has 0 aliphatic carbocycles. The second kappa shape index (κ2) is 8.61. The molecule has 1 aromatic carbocycles. The Labute approximate surface area is 140 Å². The Morgan fingerprint density at radius 1 is 1.52 bits per heavy atom. The van der Waals surface area contributed by atoms with Crippen molar-refractivity contribution in [2.24, 2.45) is 5.73 Å². The van der Waals surface area contributed by atoms with Crippen molar-refractivity contribution in [1.29, 1.82) is 0 Å². The highest BCUT2D eigenvalue weighted by molar-refractivity contribution is 9.10. The molecule has 4 nitrogen and oxygen atoms in total. The van der Waals surface area contributed by atoms with Crippen LogP contribution in [0.1, 0.15) is 26.2 Å². The smallest absolute Gasteiger partial charge is 0.260 e. The highest BCUT2D eigenvalue weighted by Gasteiger charge is 2.29. The zero-order chi connectivity index (χ0) is 14.5. The second-order valence-electron chi connectivity index (χ2n) is 5.26. The van der Waals surface area contributed by atoms with Crippen molar-refractivity contribution in [3.8, 4) is 5.75 Å². The van der Waals surface area contributed by atoms with Crippen LogP contribution in [0.4, 0.5) is 0 Å². The van der Waals surface area contributed by atoms with Gasteiger partial charge in [0.15, 0.2) is 6.61 Å².